The van der Waals surface area contributed by atoms with Crippen LogP contribution in [0.2, 0.25) is 0 Å². The molecule has 0 aliphatic rings. The lowest BCUT2D eigenvalue weighted by Crippen LogP contribution is -2.32. The van der Waals surface area contributed by atoms with Gasteiger partial charge in [0.15, 0.2) is 0 Å². The molecule has 0 bridgehead atoms. The molecule has 0 aliphatic heterocycles. The molecule has 0 fully saturated rings. The number of hydrogen-bond acceptors (Lipinski definition) is 3. The van der Waals surface area contributed by atoms with Crippen LogP contribution in [-0.4, -0.2) is 21.6 Å². The van der Waals surface area contributed by atoms with Crippen LogP contribution in [0.15, 0.2) is 27.6 Å². The van der Waals surface area contributed by atoms with E-state index in [2.05, 4.69) is 27.6 Å². The molecule has 19 heavy (non-hydrogen) atoms. The molecule has 0 radical (unpaired) electrons. The van der Waals surface area contributed by atoms with Gasteiger partial charge in [-0.05, 0) is 47.5 Å². The third-order valence-corrected chi connectivity index (χ3v) is 4.99. The van der Waals surface area contributed by atoms with Crippen molar-refractivity contribution in [1.82, 2.24) is 4.72 Å². The zero-order valence-corrected chi connectivity index (χ0v) is 13.8. The normalized spacial score (nSPS) is 13.3. The largest absolute Gasteiger partial charge is 0.496 e. The Morgan fingerprint density at radius 1 is 1.42 bits per heavy atom. The first kappa shape index (κ1) is 16.5. The molecule has 6 heteroatoms. The lowest BCUT2D eigenvalue weighted by molar-refractivity contribution is 0.411. The Balaban J connectivity index is 2.85. The third-order valence-electron chi connectivity index (χ3n) is 2.78. The second kappa shape index (κ2) is 7.26. The van der Waals surface area contributed by atoms with E-state index in [1.165, 1.54) is 0 Å². The Morgan fingerprint density at radius 3 is 2.63 bits per heavy atom. The van der Waals surface area contributed by atoms with Gasteiger partial charge in [0.05, 0.1) is 16.5 Å². The lowest BCUT2D eigenvalue weighted by atomic mass is 10.2. The summed E-state index contributed by atoms with van der Waals surface area (Å²) < 4.78 is 32.8. The Morgan fingerprint density at radius 2 is 2.11 bits per heavy atom. The molecule has 0 spiro atoms. The van der Waals surface area contributed by atoms with Crippen LogP contribution in [0.3, 0.4) is 0 Å². The molecule has 1 aromatic rings. The summed E-state index contributed by atoms with van der Waals surface area (Å²) in [4.78, 5) is 0.239. The van der Waals surface area contributed by atoms with Gasteiger partial charge in [-0.1, -0.05) is 19.8 Å². The number of ether oxygens (including phenoxy) is 1. The molecule has 0 aromatic heterocycles. The Bertz CT molecular complexity index is 517. The van der Waals surface area contributed by atoms with E-state index in [-0.39, 0.29) is 10.9 Å². The highest BCUT2D eigenvalue weighted by Gasteiger charge is 2.18. The number of benzene rings is 1. The fraction of sp³-hybridized carbons (Fsp3) is 0.538. The summed E-state index contributed by atoms with van der Waals surface area (Å²) in [6, 6.07) is 4.66. The van der Waals surface area contributed by atoms with Crippen molar-refractivity contribution in [1.29, 1.82) is 0 Å². The highest BCUT2D eigenvalue weighted by molar-refractivity contribution is 9.10. The zero-order valence-electron chi connectivity index (χ0n) is 11.4. The Kier molecular flexibility index (Phi) is 6.29. The zero-order chi connectivity index (χ0) is 14.5. The molecule has 0 amide bonds. The van der Waals surface area contributed by atoms with Gasteiger partial charge in [0.2, 0.25) is 10.0 Å². The average Bonchev–Trinajstić information content (AvgIpc) is 2.35. The molecular weight excluding hydrogens is 330 g/mol. The first-order valence-electron chi connectivity index (χ1n) is 6.26. The summed E-state index contributed by atoms with van der Waals surface area (Å²) in [6.45, 7) is 3.97. The molecule has 0 saturated heterocycles. The minimum absolute atomic E-state index is 0.0640. The quantitative estimate of drug-likeness (QED) is 0.821. The van der Waals surface area contributed by atoms with Gasteiger partial charge < -0.3 is 4.74 Å². The average molecular weight is 350 g/mol. The molecule has 1 atom stereocenters. The van der Waals surface area contributed by atoms with Crippen molar-refractivity contribution < 1.29 is 13.2 Å². The van der Waals surface area contributed by atoms with Crippen molar-refractivity contribution in [2.75, 3.05) is 7.11 Å². The van der Waals surface area contributed by atoms with Crippen LogP contribution in [-0.2, 0) is 10.0 Å². The van der Waals surface area contributed by atoms with E-state index in [1.807, 2.05) is 6.92 Å². The smallest absolute Gasteiger partial charge is 0.240 e. The summed E-state index contributed by atoms with van der Waals surface area (Å²) in [6.07, 6.45) is 2.91. The van der Waals surface area contributed by atoms with Crippen molar-refractivity contribution in [2.24, 2.45) is 0 Å². The van der Waals surface area contributed by atoms with Gasteiger partial charge in [0.25, 0.3) is 0 Å². The topological polar surface area (TPSA) is 55.4 Å². The molecule has 0 aliphatic carbocycles. The summed E-state index contributed by atoms with van der Waals surface area (Å²) in [5.74, 6) is 0.609. The second-order valence-electron chi connectivity index (χ2n) is 4.46. The molecule has 0 saturated carbocycles. The maximum absolute atomic E-state index is 12.2. The second-order valence-corrected chi connectivity index (χ2v) is 7.03. The maximum Gasteiger partial charge on any atom is 0.240 e. The molecule has 1 aromatic carbocycles. The number of hydrogen-bond donors (Lipinski definition) is 1. The van der Waals surface area contributed by atoms with Crippen LogP contribution in [0.4, 0.5) is 0 Å². The fourth-order valence-corrected chi connectivity index (χ4v) is 3.71. The maximum atomic E-state index is 12.2. The first-order valence-corrected chi connectivity index (χ1v) is 8.54. The van der Waals surface area contributed by atoms with Gasteiger partial charge in [-0.3, -0.25) is 0 Å². The highest BCUT2D eigenvalue weighted by Crippen LogP contribution is 2.27. The SMILES string of the molecule is CCCCC(C)NS(=O)(=O)c1ccc(OC)c(Br)c1. The molecule has 1 N–H and O–H groups in total. The van der Waals surface area contributed by atoms with Crippen LogP contribution in [0.5, 0.6) is 5.75 Å². The molecule has 1 unspecified atom stereocenters. The van der Waals surface area contributed by atoms with Gasteiger partial charge in [0.1, 0.15) is 5.75 Å². The van der Waals surface area contributed by atoms with E-state index < -0.39 is 10.0 Å². The van der Waals surface area contributed by atoms with Crippen LogP contribution in [0.25, 0.3) is 0 Å². The van der Waals surface area contributed by atoms with E-state index in [1.54, 1.807) is 25.3 Å². The summed E-state index contributed by atoms with van der Waals surface area (Å²) >= 11 is 3.29. The Hall–Kier alpha value is -0.590. The van der Waals surface area contributed by atoms with Crippen molar-refractivity contribution in [3.8, 4) is 5.75 Å². The molecular formula is C13H20BrNO3S. The van der Waals surface area contributed by atoms with Crippen molar-refractivity contribution in [2.45, 2.75) is 44.0 Å². The van der Waals surface area contributed by atoms with Crippen LogP contribution in [0, 0.1) is 0 Å². The minimum Gasteiger partial charge on any atom is -0.496 e. The third kappa shape index (κ3) is 4.78. The minimum atomic E-state index is -3.47. The van der Waals surface area contributed by atoms with Crippen molar-refractivity contribution in [3.05, 3.63) is 22.7 Å². The Labute approximate surface area is 123 Å². The first-order chi connectivity index (χ1) is 8.90. The van der Waals surface area contributed by atoms with Crippen LogP contribution < -0.4 is 9.46 Å². The summed E-state index contributed by atoms with van der Waals surface area (Å²) in [7, 11) is -1.93. The molecule has 1 rings (SSSR count). The lowest BCUT2D eigenvalue weighted by Gasteiger charge is -2.14. The monoisotopic (exact) mass is 349 g/mol. The van der Waals surface area contributed by atoms with Crippen molar-refractivity contribution in [3.63, 3.8) is 0 Å². The number of sulfonamides is 1. The molecule has 108 valence electrons. The van der Waals surface area contributed by atoms with Gasteiger partial charge >= 0.3 is 0 Å². The van der Waals surface area contributed by atoms with Gasteiger partial charge in [-0.15, -0.1) is 0 Å². The number of nitrogens with one attached hydrogen (secondary N) is 1. The van der Waals surface area contributed by atoms with E-state index in [0.29, 0.717) is 10.2 Å². The van der Waals surface area contributed by atoms with Crippen LogP contribution >= 0.6 is 15.9 Å². The van der Waals surface area contributed by atoms with E-state index in [9.17, 15) is 8.42 Å². The molecule has 4 nitrogen and oxygen atoms in total. The summed E-state index contributed by atoms with van der Waals surface area (Å²) in [5, 5.41) is 0. The number of halogens is 1. The molecule has 0 heterocycles. The number of unbranched alkanes of at least 4 members (excludes halogenated alkanes) is 1. The van der Waals surface area contributed by atoms with E-state index in [4.69, 9.17) is 4.74 Å². The number of methoxy groups -OCH3 is 1. The number of rotatable bonds is 7. The summed E-state index contributed by atoms with van der Waals surface area (Å²) in [5.41, 5.74) is 0. The predicted octanol–water partition coefficient (Wildman–Crippen LogP) is 3.31. The van der Waals surface area contributed by atoms with E-state index in [0.717, 1.165) is 19.3 Å². The predicted molar refractivity (Wildman–Crippen MR) is 80.0 cm³/mol. The van der Waals surface area contributed by atoms with Crippen molar-refractivity contribution >= 4 is 26.0 Å². The standard InChI is InChI=1S/C13H20BrNO3S/c1-4-5-6-10(2)15-19(16,17)11-7-8-13(18-3)12(14)9-11/h7-10,15H,4-6H2,1-3H3. The van der Waals surface area contributed by atoms with Gasteiger partial charge in [-0.2, -0.15) is 0 Å². The highest BCUT2D eigenvalue weighted by atomic mass is 79.9. The van der Waals surface area contributed by atoms with Crippen LogP contribution in [0.1, 0.15) is 33.1 Å². The fourth-order valence-electron chi connectivity index (χ4n) is 1.72. The van der Waals surface area contributed by atoms with E-state index >= 15 is 0 Å². The van der Waals surface area contributed by atoms with Gasteiger partial charge in [-0.25, -0.2) is 13.1 Å². The van der Waals surface area contributed by atoms with Gasteiger partial charge in [0, 0.05) is 6.04 Å².